The molecule has 30 heavy (non-hydrogen) atoms. The van der Waals surface area contributed by atoms with Crippen molar-refractivity contribution in [2.45, 2.75) is 32.9 Å². The maximum absolute atomic E-state index is 11.3. The largest absolute Gasteiger partial charge is 0.465 e. The Morgan fingerprint density at radius 2 is 1.93 bits per heavy atom. The lowest BCUT2D eigenvalue weighted by Gasteiger charge is -2.26. The van der Waals surface area contributed by atoms with Crippen LogP contribution in [0.25, 0.3) is 33.7 Å². The zero-order valence-electron chi connectivity index (χ0n) is 16.9. The summed E-state index contributed by atoms with van der Waals surface area (Å²) in [7, 11) is 0. The number of carbonyl (C=O) groups is 1. The Kier molecular flexibility index (Phi) is 4.31. The first-order chi connectivity index (χ1) is 14.5. The van der Waals surface area contributed by atoms with Gasteiger partial charge in [-0.2, -0.15) is 4.98 Å². The zero-order valence-corrected chi connectivity index (χ0v) is 16.9. The summed E-state index contributed by atoms with van der Waals surface area (Å²) in [4.78, 5) is 17.3. The third-order valence-electron chi connectivity index (χ3n) is 5.70. The molecule has 3 heterocycles. The maximum Gasteiger partial charge on any atom is 0.407 e. The summed E-state index contributed by atoms with van der Waals surface area (Å²) in [5.41, 5.74) is 5.02. The van der Waals surface area contributed by atoms with Crippen molar-refractivity contribution in [3.63, 3.8) is 0 Å². The van der Waals surface area contributed by atoms with Crippen LogP contribution in [0.2, 0.25) is 0 Å². The van der Waals surface area contributed by atoms with Crippen molar-refractivity contribution in [1.82, 2.24) is 19.6 Å². The molecule has 1 aliphatic rings. The molecule has 1 amide bonds. The molecule has 0 unspecified atom stereocenters. The molecule has 0 radical (unpaired) electrons. The minimum absolute atomic E-state index is 0.382. The lowest BCUT2D eigenvalue weighted by Crippen LogP contribution is -2.34. The molecule has 4 aromatic rings. The van der Waals surface area contributed by atoms with Gasteiger partial charge in [-0.15, -0.1) is 0 Å². The van der Waals surface area contributed by atoms with Crippen LogP contribution in [0.1, 0.15) is 31.0 Å². The van der Waals surface area contributed by atoms with Crippen LogP contribution < -0.4 is 0 Å². The van der Waals surface area contributed by atoms with E-state index in [4.69, 9.17) is 4.52 Å². The Bertz CT molecular complexity index is 1250. The first kappa shape index (κ1) is 18.4. The highest BCUT2D eigenvalue weighted by atomic mass is 16.5. The van der Waals surface area contributed by atoms with E-state index >= 15 is 0 Å². The van der Waals surface area contributed by atoms with E-state index in [0.717, 1.165) is 28.5 Å². The Hall–Kier alpha value is -3.61. The number of amides is 1. The lowest BCUT2D eigenvalue weighted by molar-refractivity contribution is 0.140. The van der Waals surface area contributed by atoms with Gasteiger partial charge in [-0.05, 0) is 61.7 Å². The second-order valence-electron chi connectivity index (χ2n) is 7.95. The minimum Gasteiger partial charge on any atom is -0.465 e. The third kappa shape index (κ3) is 3.12. The van der Waals surface area contributed by atoms with Crippen LogP contribution in [-0.4, -0.2) is 37.4 Å². The summed E-state index contributed by atoms with van der Waals surface area (Å²) in [5, 5.41) is 14.6. The number of nitrogens with zero attached hydrogens (tertiary/aromatic N) is 4. The number of hydrogen-bond donors (Lipinski definition) is 1. The van der Waals surface area contributed by atoms with E-state index in [-0.39, 0.29) is 0 Å². The fraction of sp³-hybridized carbons (Fsp3) is 0.261. The molecule has 2 aromatic carbocycles. The van der Waals surface area contributed by atoms with Crippen LogP contribution in [0.5, 0.6) is 0 Å². The van der Waals surface area contributed by atoms with E-state index in [1.54, 1.807) is 0 Å². The second-order valence-corrected chi connectivity index (χ2v) is 7.95. The molecule has 0 bridgehead atoms. The van der Waals surface area contributed by atoms with Crippen molar-refractivity contribution >= 4 is 17.0 Å². The Balaban J connectivity index is 1.45. The summed E-state index contributed by atoms with van der Waals surface area (Å²) >= 11 is 0. The monoisotopic (exact) mass is 402 g/mol. The summed E-state index contributed by atoms with van der Waals surface area (Å²) in [6.07, 6.45) is 1.91. The summed E-state index contributed by atoms with van der Waals surface area (Å²) in [6.45, 7) is 5.22. The first-order valence-corrected chi connectivity index (χ1v) is 10.0. The molecule has 5 rings (SSSR count). The van der Waals surface area contributed by atoms with Gasteiger partial charge in [0.1, 0.15) is 0 Å². The smallest absolute Gasteiger partial charge is 0.407 e. The first-order valence-electron chi connectivity index (χ1n) is 10.0. The fourth-order valence-corrected chi connectivity index (χ4v) is 4.06. The molecular weight excluding hydrogens is 380 g/mol. The standard InChI is InChI=1S/C23H22N4O3/c1-14(2)27-10-8-16-11-18(5-6-20(16)27)22-24-21(25-30-22)17-4-3-15-7-9-26(23(28)29)13-19(15)12-17/h3-6,8,10-12,14H,7,9,13H2,1-2H3,(H,28,29). The number of rotatable bonds is 3. The van der Waals surface area contributed by atoms with Crippen molar-refractivity contribution in [2.24, 2.45) is 0 Å². The predicted molar refractivity (Wildman–Crippen MR) is 113 cm³/mol. The van der Waals surface area contributed by atoms with Gasteiger partial charge in [-0.3, -0.25) is 0 Å². The van der Waals surface area contributed by atoms with E-state index < -0.39 is 6.09 Å². The third-order valence-corrected chi connectivity index (χ3v) is 5.70. The molecular formula is C23H22N4O3. The molecule has 0 fully saturated rings. The number of hydrogen-bond acceptors (Lipinski definition) is 4. The van der Waals surface area contributed by atoms with Gasteiger partial charge in [0.2, 0.25) is 5.82 Å². The van der Waals surface area contributed by atoms with Crippen LogP contribution in [0.3, 0.4) is 0 Å². The molecule has 7 heteroatoms. The van der Waals surface area contributed by atoms with Crippen LogP contribution in [-0.2, 0) is 13.0 Å². The molecule has 0 atom stereocenters. The van der Waals surface area contributed by atoms with Gasteiger partial charge in [0, 0.05) is 47.4 Å². The van der Waals surface area contributed by atoms with E-state index in [2.05, 4.69) is 53.0 Å². The summed E-state index contributed by atoms with van der Waals surface area (Å²) in [5.74, 6) is 0.967. The van der Waals surface area contributed by atoms with Crippen molar-refractivity contribution in [3.8, 4) is 22.8 Å². The average Bonchev–Trinajstić information content (AvgIpc) is 3.39. The lowest BCUT2D eigenvalue weighted by atomic mass is 9.97. The fourth-order valence-electron chi connectivity index (χ4n) is 4.06. The van der Waals surface area contributed by atoms with Crippen LogP contribution in [0.4, 0.5) is 4.79 Å². The molecule has 0 saturated heterocycles. The second kappa shape index (κ2) is 7.02. The molecule has 152 valence electrons. The zero-order chi connectivity index (χ0) is 20.8. The highest BCUT2D eigenvalue weighted by Gasteiger charge is 2.21. The van der Waals surface area contributed by atoms with E-state index in [1.807, 2.05) is 24.3 Å². The minimum atomic E-state index is -0.894. The number of aromatic nitrogens is 3. The van der Waals surface area contributed by atoms with Gasteiger partial charge in [0.15, 0.2) is 0 Å². The number of fused-ring (bicyclic) bond motifs is 2. The molecule has 1 N–H and O–H groups in total. The molecule has 1 aliphatic heterocycles. The predicted octanol–water partition coefficient (Wildman–Crippen LogP) is 4.98. The Labute approximate surface area is 173 Å². The molecule has 0 saturated carbocycles. The number of benzene rings is 2. The van der Waals surface area contributed by atoms with E-state index in [0.29, 0.717) is 30.8 Å². The highest BCUT2D eigenvalue weighted by molar-refractivity contribution is 5.84. The molecule has 0 aliphatic carbocycles. The summed E-state index contributed by atoms with van der Waals surface area (Å²) in [6, 6.07) is 14.6. The van der Waals surface area contributed by atoms with Crippen molar-refractivity contribution in [2.75, 3.05) is 6.54 Å². The van der Waals surface area contributed by atoms with Crippen molar-refractivity contribution in [3.05, 3.63) is 59.8 Å². The van der Waals surface area contributed by atoms with Gasteiger partial charge in [-0.1, -0.05) is 17.3 Å². The van der Waals surface area contributed by atoms with Gasteiger partial charge < -0.3 is 19.1 Å². The summed E-state index contributed by atoms with van der Waals surface area (Å²) < 4.78 is 7.77. The topological polar surface area (TPSA) is 84.4 Å². The quantitative estimate of drug-likeness (QED) is 0.523. The van der Waals surface area contributed by atoms with Gasteiger partial charge in [0.05, 0.1) is 0 Å². The van der Waals surface area contributed by atoms with Crippen LogP contribution in [0.15, 0.2) is 53.2 Å². The Morgan fingerprint density at radius 1 is 1.10 bits per heavy atom. The maximum atomic E-state index is 11.3. The van der Waals surface area contributed by atoms with Gasteiger partial charge in [-0.25, -0.2) is 4.79 Å². The molecule has 0 spiro atoms. The number of carboxylic acid groups (broad SMARTS) is 1. The van der Waals surface area contributed by atoms with Gasteiger partial charge >= 0.3 is 6.09 Å². The highest BCUT2D eigenvalue weighted by Crippen LogP contribution is 2.29. The van der Waals surface area contributed by atoms with E-state index in [9.17, 15) is 9.90 Å². The van der Waals surface area contributed by atoms with Crippen LogP contribution >= 0.6 is 0 Å². The SMILES string of the molecule is CC(C)n1ccc2cc(-c3nc(-c4ccc5c(c4)CN(C(=O)O)CC5)no3)ccc21. The van der Waals surface area contributed by atoms with Crippen molar-refractivity contribution in [1.29, 1.82) is 0 Å². The Morgan fingerprint density at radius 3 is 2.73 bits per heavy atom. The normalized spacial score (nSPS) is 13.8. The average molecular weight is 402 g/mol. The van der Waals surface area contributed by atoms with Crippen molar-refractivity contribution < 1.29 is 14.4 Å². The molecule has 2 aromatic heterocycles. The van der Waals surface area contributed by atoms with Crippen LogP contribution in [0, 0.1) is 0 Å². The van der Waals surface area contributed by atoms with Gasteiger partial charge in [0.25, 0.3) is 5.89 Å². The van der Waals surface area contributed by atoms with E-state index in [1.165, 1.54) is 16.0 Å². The molecule has 7 nitrogen and oxygen atoms in total.